The molecule has 35 heavy (non-hydrogen) atoms. The van der Waals surface area contributed by atoms with Crippen molar-refractivity contribution in [2.24, 2.45) is 23.2 Å². The van der Waals surface area contributed by atoms with Crippen molar-refractivity contribution in [3.63, 3.8) is 0 Å². The van der Waals surface area contributed by atoms with Gasteiger partial charge in [0.15, 0.2) is 11.5 Å². The van der Waals surface area contributed by atoms with Crippen molar-refractivity contribution in [3.8, 4) is 11.5 Å². The first-order chi connectivity index (χ1) is 16.7. The zero-order valence-electron chi connectivity index (χ0n) is 21.7. The van der Waals surface area contributed by atoms with Gasteiger partial charge in [0.2, 0.25) is 0 Å². The first kappa shape index (κ1) is 22.6. The molecule has 3 fully saturated rings. The lowest BCUT2D eigenvalue weighted by Gasteiger charge is -2.72. The zero-order chi connectivity index (χ0) is 24.4. The minimum Gasteiger partial charge on any atom is -0.504 e. The smallest absolute Gasteiger partial charge is 0.165 e. The Balaban J connectivity index is 1.43. The molecule has 1 saturated heterocycles. The maximum Gasteiger partial charge on any atom is 0.165 e. The highest BCUT2D eigenvalue weighted by Crippen LogP contribution is 2.75. The second kappa shape index (κ2) is 7.05. The number of rotatable bonds is 7. The number of hydrogen-bond donors (Lipinski definition) is 2. The summed E-state index contributed by atoms with van der Waals surface area (Å²) in [4.78, 5) is 2.78. The number of aromatic hydroxyl groups is 1. The predicted octanol–water partition coefficient (Wildman–Crippen LogP) is 4.58. The van der Waals surface area contributed by atoms with E-state index >= 15 is 0 Å². The topological polar surface area (TPSA) is 62.2 Å². The number of hydrogen-bond acceptors (Lipinski definition) is 5. The van der Waals surface area contributed by atoms with Crippen LogP contribution in [0.2, 0.25) is 0 Å². The molecule has 1 aromatic rings. The van der Waals surface area contributed by atoms with Crippen molar-refractivity contribution in [1.82, 2.24) is 4.90 Å². The highest BCUT2D eigenvalue weighted by Gasteiger charge is 2.80. The molecule has 6 unspecified atom stereocenters. The second-order valence-corrected chi connectivity index (χ2v) is 13.3. The van der Waals surface area contributed by atoms with E-state index in [1.807, 2.05) is 13.0 Å². The number of phenols is 1. The third-order valence-corrected chi connectivity index (χ3v) is 11.1. The Morgan fingerprint density at radius 3 is 2.77 bits per heavy atom. The maximum atomic E-state index is 12.1. The lowest BCUT2D eigenvalue weighted by atomic mass is 9.36. The monoisotopic (exact) mass is 479 g/mol. The molecular weight excluding hydrogens is 438 g/mol. The third kappa shape index (κ3) is 2.65. The van der Waals surface area contributed by atoms with Crippen LogP contribution in [0.4, 0.5) is 0 Å². The number of benzene rings is 1. The summed E-state index contributed by atoms with van der Waals surface area (Å²) in [5.74, 6) is 2.24. The SMILES string of the molecule is COC12C=CC3(CC1C(C)(O)CCC(C)C)C1Cc4ccc(O)c5c4C3(CCN1CC1CC1)[C@@H]2O5. The molecular formula is C30H41NO4. The van der Waals surface area contributed by atoms with E-state index in [1.165, 1.54) is 30.5 Å². The highest BCUT2D eigenvalue weighted by molar-refractivity contribution is 5.65. The zero-order valence-corrected chi connectivity index (χ0v) is 21.7. The molecule has 190 valence electrons. The van der Waals surface area contributed by atoms with Crippen LogP contribution in [0, 0.1) is 23.2 Å². The van der Waals surface area contributed by atoms with E-state index in [1.54, 1.807) is 7.11 Å². The van der Waals surface area contributed by atoms with E-state index in [0.717, 1.165) is 44.6 Å². The Labute approximate surface area is 209 Å². The number of methoxy groups -OCH3 is 1. The standard InChI is InChI=1S/C30H41NO4/c1-18(2)9-10-27(3,33)22-16-28-11-12-30(22,34-4)26-29(28)13-14-31(17-19-5-6-19)23(28)15-20-7-8-21(32)25(35-26)24(20)29/h7-8,11-12,18-19,22-23,26,32-33H,5-6,9-10,13-17H2,1-4H3/t22?,23?,26-,27?,28?,29?,30?/m0/s1. The van der Waals surface area contributed by atoms with Crippen LogP contribution in [-0.2, 0) is 16.6 Å². The molecule has 5 heteroatoms. The van der Waals surface area contributed by atoms with Gasteiger partial charge in [0.1, 0.15) is 11.7 Å². The van der Waals surface area contributed by atoms with Crippen molar-refractivity contribution in [2.45, 2.75) is 94.5 Å². The number of likely N-dealkylation sites (tertiary alicyclic amines) is 1. The van der Waals surface area contributed by atoms with Gasteiger partial charge in [-0.25, -0.2) is 0 Å². The fraction of sp³-hybridized carbons (Fsp3) is 0.733. The van der Waals surface area contributed by atoms with Crippen molar-refractivity contribution in [2.75, 3.05) is 20.2 Å². The minimum atomic E-state index is -0.865. The molecule has 4 bridgehead atoms. The van der Waals surface area contributed by atoms with E-state index in [4.69, 9.17) is 9.47 Å². The summed E-state index contributed by atoms with van der Waals surface area (Å²) >= 11 is 0. The molecule has 7 atom stereocenters. The van der Waals surface area contributed by atoms with Gasteiger partial charge in [-0.2, -0.15) is 0 Å². The molecule has 2 saturated carbocycles. The molecule has 0 amide bonds. The quantitative estimate of drug-likeness (QED) is 0.561. The fourth-order valence-electron chi connectivity index (χ4n) is 9.24. The summed E-state index contributed by atoms with van der Waals surface area (Å²) in [7, 11) is 1.79. The molecule has 7 aliphatic rings. The van der Waals surface area contributed by atoms with Crippen LogP contribution >= 0.6 is 0 Å². The summed E-state index contributed by atoms with van der Waals surface area (Å²) in [6.45, 7) is 8.74. The molecule has 2 N–H and O–H groups in total. The van der Waals surface area contributed by atoms with Crippen LogP contribution in [0.15, 0.2) is 24.3 Å². The maximum absolute atomic E-state index is 12.1. The van der Waals surface area contributed by atoms with E-state index in [2.05, 4.69) is 37.0 Å². The molecule has 2 spiro atoms. The molecule has 0 aromatic heterocycles. The van der Waals surface area contributed by atoms with Crippen LogP contribution in [0.1, 0.15) is 70.4 Å². The van der Waals surface area contributed by atoms with E-state index in [-0.39, 0.29) is 28.6 Å². The molecule has 5 nitrogen and oxygen atoms in total. The van der Waals surface area contributed by atoms with Crippen LogP contribution in [0.25, 0.3) is 0 Å². The van der Waals surface area contributed by atoms with Crippen LogP contribution < -0.4 is 4.74 Å². The average molecular weight is 480 g/mol. The minimum absolute atomic E-state index is 0.0664. The Morgan fingerprint density at radius 1 is 1.26 bits per heavy atom. The Kier molecular flexibility index (Phi) is 4.56. The predicted molar refractivity (Wildman–Crippen MR) is 135 cm³/mol. The van der Waals surface area contributed by atoms with Crippen LogP contribution in [0.3, 0.4) is 0 Å². The Hall–Kier alpha value is -1.56. The molecule has 2 heterocycles. The van der Waals surface area contributed by atoms with E-state index in [0.29, 0.717) is 17.7 Å². The number of nitrogens with zero attached hydrogens (tertiary/aromatic N) is 1. The summed E-state index contributed by atoms with van der Waals surface area (Å²) in [5.41, 5.74) is 0.669. The van der Waals surface area contributed by atoms with Gasteiger partial charge in [0.25, 0.3) is 0 Å². The largest absolute Gasteiger partial charge is 0.504 e. The average Bonchev–Trinajstić information content (AvgIpc) is 3.57. The first-order valence-corrected chi connectivity index (χ1v) is 13.9. The van der Waals surface area contributed by atoms with Crippen LogP contribution in [-0.4, -0.2) is 58.7 Å². The lowest BCUT2D eigenvalue weighted by Crippen LogP contribution is -2.80. The number of piperidine rings is 1. The number of ether oxygens (including phenoxy) is 2. The van der Waals surface area contributed by atoms with Crippen molar-refractivity contribution >= 4 is 0 Å². The van der Waals surface area contributed by atoms with Gasteiger partial charge in [-0.05, 0) is 81.9 Å². The molecule has 5 aliphatic carbocycles. The summed E-state index contributed by atoms with van der Waals surface area (Å²) in [5, 5.41) is 23.0. The Bertz CT molecular complexity index is 1090. The van der Waals surface area contributed by atoms with Gasteiger partial charge in [0.05, 0.1) is 11.0 Å². The van der Waals surface area contributed by atoms with E-state index < -0.39 is 11.2 Å². The normalized spacial score (nSPS) is 42.2. The van der Waals surface area contributed by atoms with Crippen molar-refractivity contribution < 1.29 is 19.7 Å². The summed E-state index contributed by atoms with van der Waals surface area (Å²) < 4.78 is 13.3. The number of phenolic OH excluding ortho intramolecular Hbond substituents is 1. The van der Waals surface area contributed by atoms with Crippen molar-refractivity contribution in [1.29, 1.82) is 0 Å². The van der Waals surface area contributed by atoms with Gasteiger partial charge in [-0.3, -0.25) is 4.90 Å². The summed E-state index contributed by atoms with van der Waals surface area (Å²) in [6, 6.07) is 4.36. The summed E-state index contributed by atoms with van der Waals surface area (Å²) in [6.07, 6.45) is 11.9. The first-order valence-electron chi connectivity index (χ1n) is 13.9. The lowest BCUT2D eigenvalue weighted by molar-refractivity contribution is -0.249. The van der Waals surface area contributed by atoms with Crippen molar-refractivity contribution in [3.05, 3.63) is 35.4 Å². The molecule has 1 aromatic carbocycles. The number of aliphatic hydroxyl groups is 1. The van der Waals surface area contributed by atoms with Gasteiger partial charge < -0.3 is 19.7 Å². The number of fused-ring (bicyclic) bond motifs is 1. The molecule has 0 radical (unpaired) electrons. The van der Waals surface area contributed by atoms with E-state index in [9.17, 15) is 10.2 Å². The van der Waals surface area contributed by atoms with Gasteiger partial charge in [-0.1, -0.05) is 32.1 Å². The fourth-order valence-corrected chi connectivity index (χ4v) is 9.24. The highest BCUT2D eigenvalue weighted by atomic mass is 16.6. The third-order valence-electron chi connectivity index (χ3n) is 11.1. The van der Waals surface area contributed by atoms with Gasteiger partial charge in [-0.15, -0.1) is 0 Å². The Morgan fingerprint density at radius 2 is 2.06 bits per heavy atom. The van der Waals surface area contributed by atoms with Crippen LogP contribution in [0.5, 0.6) is 11.5 Å². The van der Waals surface area contributed by atoms with Gasteiger partial charge in [0, 0.05) is 36.6 Å². The van der Waals surface area contributed by atoms with Gasteiger partial charge >= 0.3 is 0 Å². The second-order valence-electron chi connectivity index (χ2n) is 13.3. The molecule has 8 rings (SSSR count). The molecule has 2 aliphatic heterocycles.